The molecule has 2 amide bonds. The van der Waals surface area contributed by atoms with E-state index < -0.39 is 5.91 Å². The number of hydrogen-bond donors (Lipinski definition) is 2. The van der Waals surface area contributed by atoms with Gasteiger partial charge in [-0.15, -0.1) is 0 Å². The molecule has 0 saturated heterocycles. The van der Waals surface area contributed by atoms with Crippen LogP contribution in [0.15, 0.2) is 47.1 Å². The summed E-state index contributed by atoms with van der Waals surface area (Å²) in [6.07, 6.45) is 4.30. The smallest absolute Gasteiger partial charge is 0.269 e. The summed E-state index contributed by atoms with van der Waals surface area (Å²) in [4.78, 5) is 23.5. The highest BCUT2D eigenvalue weighted by molar-refractivity contribution is 5.98. The normalized spacial score (nSPS) is 10.6. The number of hydrogen-bond acceptors (Lipinski definition) is 3. The van der Waals surface area contributed by atoms with Crippen molar-refractivity contribution in [3.05, 3.63) is 65.1 Å². The third kappa shape index (κ3) is 4.07. The lowest BCUT2D eigenvalue weighted by atomic mass is 10.1. The molecule has 2 rings (SSSR count). The summed E-state index contributed by atoms with van der Waals surface area (Å²) in [6.45, 7) is 3.80. The topological polar surface area (TPSA) is 71.3 Å². The number of benzene rings is 1. The third-order valence-electron chi connectivity index (χ3n) is 2.87. The quantitative estimate of drug-likeness (QED) is 0.671. The maximum atomic E-state index is 11.9. The summed E-state index contributed by atoms with van der Waals surface area (Å²) in [5.74, 6) is -0.234. The van der Waals surface area contributed by atoms with Gasteiger partial charge in [0.25, 0.3) is 11.8 Å². The Morgan fingerprint density at radius 2 is 1.95 bits per heavy atom. The predicted molar refractivity (Wildman–Crippen MR) is 79.3 cm³/mol. The van der Waals surface area contributed by atoms with E-state index in [9.17, 15) is 9.59 Å². The number of aryl methyl sites for hydroxylation is 2. The van der Waals surface area contributed by atoms with Crippen molar-refractivity contribution < 1.29 is 14.0 Å². The Labute approximate surface area is 122 Å². The van der Waals surface area contributed by atoms with Crippen molar-refractivity contribution in [1.29, 1.82) is 0 Å². The van der Waals surface area contributed by atoms with Gasteiger partial charge >= 0.3 is 0 Å². The fourth-order valence-corrected chi connectivity index (χ4v) is 1.84. The van der Waals surface area contributed by atoms with Gasteiger partial charge in [0.15, 0.2) is 0 Å². The summed E-state index contributed by atoms with van der Waals surface area (Å²) in [5, 5.41) is 0. The fraction of sp³-hybridized carbons (Fsp3) is 0.125. The molecule has 0 saturated carbocycles. The van der Waals surface area contributed by atoms with E-state index in [1.807, 2.05) is 26.0 Å². The lowest BCUT2D eigenvalue weighted by Gasteiger charge is -2.08. The zero-order valence-electron chi connectivity index (χ0n) is 11.8. The molecule has 2 N–H and O–H groups in total. The molecular weight excluding hydrogens is 268 g/mol. The van der Waals surface area contributed by atoms with Crippen molar-refractivity contribution >= 4 is 17.9 Å². The van der Waals surface area contributed by atoms with Crippen LogP contribution in [-0.4, -0.2) is 11.8 Å². The number of carbonyl (C=O) groups is 2. The number of nitrogens with one attached hydrogen (secondary N) is 2. The summed E-state index contributed by atoms with van der Waals surface area (Å²) < 4.78 is 5.05. The van der Waals surface area contributed by atoms with E-state index in [1.165, 1.54) is 18.4 Å². The molecule has 0 spiro atoms. The SMILES string of the molecule is Cc1ccc(C(=O)NNC(=O)/C=C/c2ccco2)c(C)c1. The van der Waals surface area contributed by atoms with Crippen molar-refractivity contribution in [3.63, 3.8) is 0 Å². The average Bonchev–Trinajstić information content (AvgIpc) is 2.95. The van der Waals surface area contributed by atoms with Crippen molar-refractivity contribution in [3.8, 4) is 0 Å². The molecule has 0 fully saturated rings. The van der Waals surface area contributed by atoms with E-state index in [0.29, 0.717) is 11.3 Å². The van der Waals surface area contributed by atoms with Gasteiger partial charge < -0.3 is 4.42 Å². The second-order valence-corrected chi connectivity index (χ2v) is 4.61. The molecule has 0 unspecified atom stereocenters. The molecule has 0 atom stereocenters. The number of furan rings is 1. The van der Waals surface area contributed by atoms with Crippen molar-refractivity contribution in [2.24, 2.45) is 0 Å². The van der Waals surface area contributed by atoms with Crippen molar-refractivity contribution in [1.82, 2.24) is 10.9 Å². The Balaban J connectivity index is 1.90. The van der Waals surface area contributed by atoms with Crippen LogP contribution in [0, 0.1) is 13.8 Å². The van der Waals surface area contributed by atoms with E-state index >= 15 is 0 Å². The molecule has 5 nitrogen and oxygen atoms in total. The first kappa shape index (κ1) is 14.6. The Hall–Kier alpha value is -2.82. The van der Waals surface area contributed by atoms with Gasteiger partial charge in [0, 0.05) is 11.6 Å². The van der Waals surface area contributed by atoms with Gasteiger partial charge in [0.2, 0.25) is 0 Å². The van der Waals surface area contributed by atoms with Gasteiger partial charge in [0.1, 0.15) is 5.76 Å². The van der Waals surface area contributed by atoms with Crippen molar-refractivity contribution in [2.45, 2.75) is 13.8 Å². The Morgan fingerprint density at radius 3 is 2.62 bits per heavy atom. The van der Waals surface area contributed by atoms with Gasteiger partial charge in [-0.2, -0.15) is 0 Å². The molecule has 1 aromatic carbocycles. The maximum absolute atomic E-state index is 11.9. The van der Waals surface area contributed by atoms with Crippen LogP contribution < -0.4 is 10.9 Å². The fourth-order valence-electron chi connectivity index (χ4n) is 1.84. The predicted octanol–water partition coefficient (Wildman–Crippen LogP) is 2.37. The summed E-state index contributed by atoms with van der Waals surface area (Å²) >= 11 is 0. The molecule has 0 radical (unpaired) electrons. The number of rotatable bonds is 3. The van der Waals surface area contributed by atoms with Gasteiger partial charge in [-0.25, -0.2) is 0 Å². The minimum absolute atomic E-state index is 0.354. The molecule has 1 aromatic heterocycles. The molecule has 0 aliphatic rings. The van der Waals surface area contributed by atoms with Gasteiger partial charge in [-0.3, -0.25) is 20.4 Å². The van der Waals surface area contributed by atoms with E-state index in [0.717, 1.165) is 11.1 Å². The number of hydrazine groups is 1. The second-order valence-electron chi connectivity index (χ2n) is 4.61. The van der Waals surface area contributed by atoms with Crippen LogP contribution in [0.4, 0.5) is 0 Å². The molecule has 0 bridgehead atoms. The number of amides is 2. The van der Waals surface area contributed by atoms with Gasteiger partial charge in [-0.05, 0) is 43.7 Å². The summed E-state index contributed by atoms with van der Waals surface area (Å²) in [5.41, 5.74) is 7.14. The second kappa shape index (κ2) is 6.56. The standard InChI is InChI=1S/C16H16N2O3/c1-11-5-7-14(12(2)10-11)16(20)18-17-15(19)8-6-13-4-3-9-21-13/h3-10H,1-2H3,(H,17,19)(H,18,20)/b8-6+. The van der Waals surface area contributed by atoms with Gasteiger partial charge in [0.05, 0.1) is 6.26 Å². The van der Waals surface area contributed by atoms with E-state index in [2.05, 4.69) is 10.9 Å². The molecule has 2 aromatic rings. The first-order valence-corrected chi connectivity index (χ1v) is 6.45. The Bertz CT molecular complexity index is 673. The van der Waals surface area contributed by atoms with Crippen LogP contribution in [0.3, 0.4) is 0 Å². The Morgan fingerprint density at radius 1 is 1.14 bits per heavy atom. The summed E-state index contributed by atoms with van der Waals surface area (Å²) in [7, 11) is 0. The largest absolute Gasteiger partial charge is 0.465 e. The van der Waals surface area contributed by atoms with E-state index in [4.69, 9.17) is 4.42 Å². The highest BCUT2D eigenvalue weighted by Gasteiger charge is 2.09. The molecule has 108 valence electrons. The zero-order valence-corrected chi connectivity index (χ0v) is 11.8. The van der Waals surface area contributed by atoms with Crippen LogP contribution in [0.5, 0.6) is 0 Å². The third-order valence-corrected chi connectivity index (χ3v) is 2.87. The van der Waals surface area contributed by atoms with E-state index in [1.54, 1.807) is 18.2 Å². The minimum atomic E-state index is -0.440. The average molecular weight is 284 g/mol. The van der Waals surface area contributed by atoms with E-state index in [-0.39, 0.29) is 5.91 Å². The van der Waals surface area contributed by atoms with Crippen LogP contribution in [0.1, 0.15) is 27.2 Å². The van der Waals surface area contributed by atoms with Gasteiger partial charge in [-0.1, -0.05) is 17.7 Å². The minimum Gasteiger partial charge on any atom is -0.465 e. The maximum Gasteiger partial charge on any atom is 0.269 e. The van der Waals surface area contributed by atoms with Crippen LogP contribution in [-0.2, 0) is 4.79 Å². The monoisotopic (exact) mass is 284 g/mol. The highest BCUT2D eigenvalue weighted by Crippen LogP contribution is 2.09. The van der Waals surface area contributed by atoms with Crippen LogP contribution in [0.2, 0.25) is 0 Å². The van der Waals surface area contributed by atoms with Crippen LogP contribution >= 0.6 is 0 Å². The highest BCUT2D eigenvalue weighted by atomic mass is 16.3. The Kier molecular flexibility index (Phi) is 4.56. The molecule has 0 aliphatic heterocycles. The van der Waals surface area contributed by atoms with Crippen LogP contribution in [0.25, 0.3) is 6.08 Å². The molecule has 1 heterocycles. The first-order valence-electron chi connectivity index (χ1n) is 6.45. The molecule has 5 heteroatoms. The first-order chi connectivity index (χ1) is 10.1. The zero-order chi connectivity index (χ0) is 15.2. The number of carbonyl (C=O) groups excluding carboxylic acids is 2. The lowest BCUT2D eigenvalue weighted by molar-refractivity contribution is -0.117. The molecular formula is C16H16N2O3. The van der Waals surface area contributed by atoms with Crippen molar-refractivity contribution in [2.75, 3.05) is 0 Å². The molecule has 21 heavy (non-hydrogen) atoms. The molecule has 0 aliphatic carbocycles. The summed E-state index contributed by atoms with van der Waals surface area (Å²) in [6, 6.07) is 8.93. The lowest BCUT2D eigenvalue weighted by Crippen LogP contribution is -2.41.